The highest BCUT2D eigenvalue weighted by Gasteiger charge is 2.16. The van der Waals surface area contributed by atoms with Gasteiger partial charge in [0.25, 0.3) is 0 Å². The van der Waals surface area contributed by atoms with Gasteiger partial charge in [0.05, 0.1) is 12.3 Å². The summed E-state index contributed by atoms with van der Waals surface area (Å²) < 4.78 is 17.4. The average molecular weight is 436 g/mol. The van der Waals surface area contributed by atoms with E-state index >= 15 is 0 Å². The lowest BCUT2D eigenvalue weighted by molar-refractivity contribution is -0.145. The van der Waals surface area contributed by atoms with E-state index in [1.165, 1.54) is 0 Å². The lowest BCUT2D eigenvalue weighted by atomic mass is 10.1. The van der Waals surface area contributed by atoms with Crippen molar-refractivity contribution >= 4 is 21.9 Å². The number of rotatable bonds is 10. The van der Waals surface area contributed by atoms with Crippen LogP contribution >= 0.6 is 15.9 Å². The molecule has 1 aromatic carbocycles. The van der Waals surface area contributed by atoms with Gasteiger partial charge in [-0.1, -0.05) is 19.4 Å². The van der Waals surface area contributed by atoms with E-state index in [1.807, 2.05) is 43.3 Å². The summed E-state index contributed by atoms with van der Waals surface area (Å²) in [5, 5.41) is 0. The molecule has 0 saturated heterocycles. The van der Waals surface area contributed by atoms with Crippen molar-refractivity contribution in [2.45, 2.75) is 46.1 Å². The van der Waals surface area contributed by atoms with E-state index in [-0.39, 0.29) is 18.7 Å². The third kappa shape index (κ3) is 6.86. The van der Waals surface area contributed by atoms with Crippen molar-refractivity contribution in [1.29, 1.82) is 0 Å². The summed E-state index contributed by atoms with van der Waals surface area (Å²) in [6, 6.07) is 11.4. The molecule has 0 N–H and O–H groups in total. The second-order valence-corrected chi connectivity index (χ2v) is 6.97. The lowest BCUT2D eigenvalue weighted by Gasteiger charge is -2.20. The Morgan fingerprint density at radius 1 is 1.22 bits per heavy atom. The number of unbranched alkanes of at least 4 members (excludes halogenated alkanes) is 1. The molecule has 0 spiro atoms. The van der Waals surface area contributed by atoms with E-state index in [0.29, 0.717) is 12.4 Å². The van der Waals surface area contributed by atoms with Crippen LogP contribution < -0.4 is 9.47 Å². The maximum absolute atomic E-state index is 11.4. The van der Waals surface area contributed by atoms with E-state index < -0.39 is 0 Å². The molecule has 5 nitrogen and oxygen atoms in total. The van der Waals surface area contributed by atoms with Gasteiger partial charge in [-0.15, -0.1) is 0 Å². The Bertz CT molecular complexity index is 751. The van der Waals surface area contributed by atoms with Crippen LogP contribution in [0.5, 0.6) is 11.5 Å². The first kappa shape index (κ1) is 21.2. The van der Waals surface area contributed by atoms with Crippen molar-refractivity contribution in [2.75, 3.05) is 13.2 Å². The second-order valence-electron chi connectivity index (χ2n) is 6.15. The van der Waals surface area contributed by atoms with Gasteiger partial charge in [-0.3, -0.25) is 0 Å². The second kappa shape index (κ2) is 10.9. The Kier molecular flexibility index (Phi) is 8.58. The molecule has 0 radical (unpaired) electrons. The number of hydrogen-bond donors (Lipinski definition) is 0. The number of hydrogen-bond acceptors (Lipinski definition) is 5. The molecule has 0 fully saturated rings. The lowest BCUT2D eigenvalue weighted by Crippen LogP contribution is -2.15. The van der Waals surface area contributed by atoms with Crippen LogP contribution in [-0.4, -0.2) is 24.2 Å². The molecule has 0 aliphatic rings. The summed E-state index contributed by atoms with van der Waals surface area (Å²) >= 11 is 3.42. The molecule has 0 bridgehead atoms. The molecule has 27 heavy (non-hydrogen) atoms. The minimum atomic E-state index is -0.377. The van der Waals surface area contributed by atoms with Crippen LogP contribution in [0.2, 0.25) is 0 Å². The molecular weight excluding hydrogens is 410 g/mol. The summed E-state index contributed by atoms with van der Waals surface area (Å²) in [6.45, 7) is 6.09. The number of nitrogens with zero attached hydrogens (tertiary/aromatic N) is 1. The third-order valence-corrected chi connectivity index (χ3v) is 4.40. The maximum atomic E-state index is 11.4. The third-order valence-electron chi connectivity index (χ3n) is 3.96. The number of carbonyl (C=O) groups is 1. The van der Waals surface area contributed by atoms with E-state index in [0.717, 1.165) is 40.9 Å². The zero-order valence-corrected chi connectivity index (χ0v) is 17.6. The Morgan fingerprint density at radius 3 is 2.70 bits per heavy atom. The van der Waals surface area contributed by atoms with Crippen molar-refractivity contribution in [2.24, 2.45) is 0 Å². The van der Waals surface area contributed by atoms with Crippen molar-refractivity contribution < 1.29 is 19.0 Å². The van der Waals surface area contributed by atoms with Crippen LogP contribution in [0.15, 0.2) is 41.0 Å². The highest BCUT2D eigenvalue weighted by Crippen LogP contribution is 2.29. The summed E-state index contributed by atoms with van der Waals surface area (Å²) in [5.41, 5.74) is 1.80. The van der Waals surface area contributed by atoms with Gasteiger partial charge in [-0.25, -0.2) is 9.78 Å². The molecule has 0 aliphatic carbocycles. The molecular formula is C21H26BrNO4. The molecule has 1 atom stereocenters. The van der Waals surface area contributed by atoms with Crippen molar-refractivity contribution in [1.82, 2.24) is 4.98 Å². The van der Waals surface area contributed by atoms with Crippen molar-refractivity contribution in [3.63, 3.8) is 0 Å². The smallest absolute Gasteiger partial charge is 0.344 e. The molecule has 1 unspecified atom stereocenters. The van der Waals surface area contributed by atoms with Gasteiger partial charge in [0.1, 0.15) is 22.2 Å². The van der Waals surface area contributed by atoms with Crippen LogP contribution in [0.1, 0.15) is 50.5 Å². The molecule has 1 heterocycles. The Balaban J connectivity index is 2.08. The number of halogens is 1. The summed E-state index contributed by atoms with van der Waals surface area (Å²) in [7, 11) is 0. The summed E-state index contributed by atoms with van der Waals surface area (Å²) in [4.78, 5) is 16.0. The fraction of sp³-hybridized carbons (Fsp3) is 0.429. The number of pyridine rings is 1. The molecule has 0 amide bonds. The zero-order valence-electron chi connectivity index (χ0n) is 16.0. The average Bonchev–Trinajstić information content (AvgIpc) is 2.64. The number of benzene rings is 1. The SMILES string of the molecule is CCCCC(Oc1ccc(OCC(=O)OCC)c(C)c1)c1cccc(Br)n1. The largest absolute Gasteiger partial charge is 0.484 e. The molecule has 0 aliphatic heterocycles. The maximum Gasteiger partial charge on any atom is 0.344 e. The Hall–Kier alpha value is -2.08. The fourth-order valence-corrected chi connectivity index (χ4v) is 2.98. The minimum Gasteiger partial charge on any atom is -0.484 e. The van der Waals surface area contributed by atoms with Crippen molar-refractivity contribution in [3.05, 3.63) is 52.3 Å². The normalized spacial score (nSPS) is 11.7. The van der Waals surface area contributed by atoms with Crippen molar-refractivity contribution in [3.8, 4) is 11.5 Å². The predicted molar refractivity (Wildman–Crippen MR) is 108 cm³/mol. The van der Waals surface area contributed by atoms with E-state index in [4.69, 9.17) is 14.2 Å². The van der Waals surface area contributed by atoms with Crippen LogP contribution in [-0.2, 0) is 9.53 Å². The van der Waals surface area contributed by atoms with E-state index in [1.54, 1.807) is 6.92 Å². The summed E-state index contributed by atoms with van der Waals surface area (Å²) in [6.07, 6.45) is 2.92. The van der Waals surface area contributed by atoms with Crippen LogP contribution in [0.25, 0.3) is 0 Å². The topological polar surface area (TPSA) is 57.7 Å². The molecule has 2 aromatic rings. The van der Waals surface area contributed by atoms with Crippen LogP contribution in [0, 0.1) is 6.92 Å². The monoisotopic (exact) mass is 435 g/mol. The molecule has 146 valence electrons. The molecule has 1 aromatic heterocycles. The van der Waals surface area contributed by atoms with Crippen LogP contribution in [0.3, 0.4) is 0 Å². The number of esters is 1. The van der Waals surface area contributed by atoms with E-state index in [9.17, 15) is 4.79 Å². The standard InChI is InChI=1S/C21H26BrNO4/c1-4-6-9-19(17-8-7-10-20(22)23-17)27-16-11-12-18(15(3)13-16)26-14-21(24)25-5-2/h7-8,10-13,19H,4-6,9,14H2,1-3H3. The van der Waals surface area contributed by atoms with Gasteiger partial charge in [0.2, 0.25) is 0 Å². The van der Waals surface area contributed by atoms with E-state index in [2.05, 4.69) is 27.8 Å². The molecule has 2 rings (SSSR count). The van der Waals surface area contributed by atoms with Gasteiger partial charge in [0.15, 0.2) is 6.61 Å². The zero-order chi connectivity index (χ0) is 19.6. The quantitative estimate of drug-likeness (QED) is 0.369. The summed E-state index contributed by atoms with van der Waals surface area (Å²) in [5.74, 6) is 1.01. The minimum absolute atomic E-state index is 0.101. The number of carbonyl (C=O) groups excluding carboxylic acids is 1. The highest BCUT2D eigenvalue weighted by molar-refractivity contribution is 9.10. The highest BCUT2D eigenvalue weighted by atomic mass is 79.9. The Labute approximate surface area is 169 Å². The van der Waals surface area contributed by atoms with Gasteiger partial charge in [-0.2, -0.15) is 0 Å². The molecule has 0 saturated carbocycles. The first-order valence-corrected chi connectivity index (χ1v) is 10.0. The van der Waals surface area contributed by atoms with Gasteiger partial charge < -0.3 is 14.2 Å². The number of ether oxygens (including phenoxy) is 3. The number of aromatic nitrogens is 1. The fourth-order valence-electron chi connectivity index (χ4n) is 2.62. The number of aryl methyl sites for hydroxylation is 1. The first-order chi connectivity index (χ1) is 13.0. The predicted octanol–water partition coefficient (Wildman–Crippen LogP) is 5.40. The first-order valence-electron chi connectivity index (χ1n) is 9.21. The van der Waals surface area contributed by atoms with Gasteiger partial charge >= 0.3 is 5.97 Å². The molecule has 6 heteroatoms. The van der Waals surface area contributed by atoms with Gasteiger partial charge in [0, 0.05) is 0 Å². The van der Waals surface area contributed by atoms with Gasteiger partial charge in [-0.05, 0) is 78.5 Å². The Morgan fingerprint density at radius 2 is 2.04 bits per heavy atom. The van der Waals surface area contributed by atoms with Crippen LogP contribution in [0.4, 0.5) is 0 Å².